The van der Waals surface area contributed by atoms with E-state index in [-0.39, 0.29) is 19.0 Å². The molecule has 0 saturated carbocycles. The number of hydrogen-bond acceptors (Lipinski definition) is 7. The predicted octanol–water partition coefficient (Wildman–Crippen LogP) is 5.11. The van der Waals surface area contributed by atoms with Crippen molar-refractivity contribution in [3.8, 4) is 17.0 Å². The molecule has 0 saturated heterocycles. The number of para-hydroxylation sites is 1. The Balaban J connectivity index is 1.53. The average molecular weight is 517 g/mol. The molecular weight excluding hydrogens is 484 g/mol. The Kier molecular flexibility index (Phi) is 8.25. The highest BCUT2D eigenvalue weighted by molar-refractivity contribution is 5.77. The third-order valence-electron chi connectivity index (χ3n) is 5.44. The number of nitrogens with one attached hydrogen (secondary N) is 1. The van der Waals surface area contributed by atoms with Crippen LogP contribution in [0.2, 0.25) is 0 Å². The minimum atomic E-state index is -0.564. The SMILES string of the molecule is CCOC(=O)Cc1ccccc1OCc1nc(-c2cccc(CNC(=O)OC(C)(C)C)c2)c2cccn2n1. The van der Waals surface area contributed by atoms with Crippen molar-refractivity contribution in [2.45, 2.75) is 52.9 Å². The second-order valence-corrected chi connectivity index (χ2v) is 9.65. The third-order valence-corrected chi connectivity index (χ3v) is 5.44. The van der Waals surface area contributed by atoms with Gasteiger partial charge in [-0.2, -0.15) is 0 Å². The van der Waals surface area contributed by atoms with E-state index in [2.05, 4.69) is 10.4 Å². The first kappa shape index (κ1) is 26.7. The molecule has 0 atom stereocenters. The van der Waals surface area contributed by atoms with Crippen LogP contribution in [0.15, 0.2) is 66.9 Å². The standard InChI is InChI=1S/C29H32N4O5/c1-5-36-26(34)17-21-11-6-7-14-24(21)37-19-25-31-27(23-13-9-15-33(23)32-25)22-12-8-10-20(16-22)18-30-28(35)38-29(2,3)4/h6-16H,5,17-19H2,1-4H3,(H,30,35). The maximum absolute atomic E-state index is 12.1. The Bertz CT molecular complexity index is 1420. The highest BCUT2D eigenvalue weighted by Gasteiger charge is 2.17. The molecule has 4 rings (SSSR count). The number of carbonyl (C=O) groups excluding carboxylic acids is 2. The van der Waals surface area contributed by atoms with Gasteiger partial charge < -0.3 is 19.5 Å². The fourth-order valence-corrected chi connectivity index (χ4v) is 3.87. The molecule has 1 amide bonds. The van der Waals surface area contributed by atoms with Crippen LogP contribution in [0.5, 0.6) is 5.75 Å². The summed E-state index contributed by atoms with van der Waals surface area (Å²) in [4.78, 5) is 28.9. The first-order valence-corrected chi connectivity index (χ1v) is 12.5. The van der Waals surface area contributed by atoms with E-state index in [1.165, 1.54) is 0 Å². The lowest BCUT2D eigenvalue weighted by Crippen LogP contribution is -2.32. The van der Waals surface area contributed by atoms with Gasteiger partial charge in [-0.1, -0.05) is 36.4 Å². The van der Waals surface area contributed by atoms with Gasteiger partial charge in [0.25, 0.3) is 0 Å². The molecule has 2 heterocycles. The van der Waals surface area contributed by atoms with Crippen LogP contribution in [-0.2, 0) is 33.8 Å². The van der Waals surface area contributed by atoms with Crippen molar-refractivity contribution in [2.75, 3.05) is 6.61 Å². The van der Waals surface area contributed by atoms with Crippen molar-refractivity contribution in [3.63, 3.8) is 0 Å². The Labute approximate surface area is 221 Å². The van der Waals surface area contributed by atoms with Crippen LogP contribution < -0.4 is 10.1 Å². The van der Waals surface area contributed by atoms with Gasteiger partial charge in [0.1, 0.15) is 18.0 Å². The highest BCUT2D eigenvalue weighted by Crippen LogP contribution is 2.25. The van der Waals surface area contributed by atoms with Gasteiger partial charge in [0.2, 0.25) is 0 Å². The summed E-state index contributed by atoms with van der Waals surface area (Å²) in [5.74, 6) is 0.748. The summed E-state index contributed by atoms with van der Waals surface area (Å²) >= 11 is 0. The van der Waals surface area contributed by atoms with Gasteiger partial charge in [0, 0.05) is 23.9 Å². The van der Waals surface area contributed by atoms with E-state index in [1.807, 2.05) is 87.6 Å². The first-order valence-electron chi connectivity index (χ1n) is 12.5. The minimum absolute atomic E-state index is 0.112. The second-order valence-electron chi connectivity index (χ2n) is 9.65. The molecule has 0 fully saturated rings. The molecule has 2 aromatic carbocycles. The molecule has 0 aliphatic rings. The summed E-state index contributed by atoms with van der Waals surface area (Å²) in [6.45, 7) is 8.01. The number of hydrogen-bond donors (Lipinski definition) is 1. The average Bonchev–Trinajstić information content (AvgIpc) is 3.34. The number of alkyl carbamates (subject to hydrolysis) is 1. The van der Waals surface area contributed by atoms with Crippen molar-refractivity contribution < 1.29 is 23.8 Å². The molecule has 4 aromatic rings. The van der Waals surface area contributed by atoms with Crippen LogP contribution in [0.1, 0.15) is 44.6 Å². The Morgan fingerprint density at radius 3 is 2.63 bits per heavy atom. The van der Waals surface area contributed by atoms with Gasteiger partial charge in [-0.25, -0.2) is 14.3 Å². The van der Waals surface area contributed by atoms with Crippen LogP contribution in [0, 0.1) is 0 Å². The quantitative estimate of drug-likeness (QED) is 0.309. The van der Waals surface area contributed by atoms with Crippen molar-refractivity contribution in [2.24, 2.45) is 0 Å². The van der Waals surface area contributed by atoms with Gasteiger partial charge in [-0.15, -0.1) is 5.10 Å². The number of rotatable bonds is 9. The van der Waals surface area contributed by atoms with E-state index in [0.29, 0.717) is 24.7 Å². The normalized spacial score (nSPS) is 11.3. The lowest BCUT2D eigenvalue weighted by Gasteiger charge is -2.19. The lowest BCUT2D eigenvalue weighted by molar-refractivity contribution is -0.142. The van der Waals surface area contributed by atoms with E-state index in [9.17, 15) is 9.59 Å². The zero-order valence-corrected chi connectivity index (χ0v) is 22.1. The maximum Gasteiger partial charge on any atom is 0.407 e. The summed E-state index contributed by atoms with van der Waals surface area (Å²) in [6, 6.07) is 19.0. The van der Waals surface area contributed by atoms with Gasteiger partial charge in [-0.05, 0) is 57.5 Å². The van der Waals surface area contributed by atoms with Gasteiger partial charge in [0.05, 0.1) is 24.2 Å². The van der Waals surface area contributed by atoms with Gasteiger partial charge >= 0.3 is 12.1 Å². The molecule has 2 aromatic heterocycles. The molecule has 9 nitrogen and oxygen atoms in total. The Hall–Kier alpha value is -4.40. The largest absolute Gasteiger partial charge is 0.485 e. The summed E-state index contributed by atoms with van der Waals surface area (Å²) < 4.78 is 18.2. The van der Waals surface area contributed by atoms with Gasteiger partial charge in [-0.3, -0.25) is 4.79 Å². The molecule has 0 unspecified atom stereocenters. The smallest absolute Gasteiger partial charge is 0.407 e. The molecule has 0 aliphatic carbocycles. The van der Waals surface area contributed by atoms with Crippen molar-refractivity contribution in [1.29, 1.82) is 0 Å². The molecule has 198 valence electrons. The summed E-state index contributed by atoms with van der Waals surface area (Å²) in [6.07, 6.45) is 1.50. The number of esters is 1. The fraction of sp³-hybridized carbons (Fsp3) is 0.310. The second kappa shape index (κ2) is 11.8. The predicted molar refractivity (Wildman–Crippen MR) is 143 cm³/mol. The van der Waals surface area contributed by atoms with E-state index < -0.39 is 11.7 Å². The molecule has 0 spiro atoms. The number of benzene rings is 2. The highest BCUT2D eigenvalue weighted by atomic mass is 16.6. The Morgan fingerprint density at radius 1 is 1.03 bits per heavy atom. The number of carbonyl (C=O) groups is 2. The molecule has 0 aliphatic heterocycles. The van der Waals surface area contributed by atoms with Crippen LogP contribution >= 0.6 is 0 Å². The molecule has 9 heteroatoms. The molecular formula is C29H32N4O5. The number of fused-ring (bicyclic) bond motifs is 1. The topological polar surface area (TPSA) is 104 Å². The monoisotopic (exact) mass is 516 g/mol. The summed E-state index contributed by atoms with van der Waals surface area (Å²) in [5, 5.41) is 7.38. The summed E-state index contributed by atoms with van der Waals surface area (Å²) in [7, 11) is 0. The number of aromatic nitrogens is 3. The van der Waals surface area contributed by atoms with E-state index in [4.69, 9.17) is 19.2 Å². The van der Waals surface area contributed by atoms with Crippen LogP contribution in [-0.4, -0.2) is 38.9 Å². The zero-order valence-electron chi connectivity index (χ0n) is 22.1. The minimum Gasteiger partial charge on any atom is -0.485 e. The lowest BCUT2D eigenvalue weighted by atomic mass is 10.1. The summed E-state index contributed by atoms with van der Waals surface area (Å²) in [5.41, 5.74) is 3.53. The fourth-order valence-electron chi connectivity index (χ4n) is 3.87. The zero-order chi connectivity index (χ0) is 27.1. The molecule has 1 N–H and O–H groups in total. The third kappa shape index (κ3) is 7.09. The molecule has 38 heavy (non-hydrogen) atoms. The van der Waals surface area contributed by atoms with Crippen molar-refractivity contribution >= 4 is 17.6 Å². The van der Waals surface area contributed by atoms with E-state index in [1.54, 1.807) is 11.4 Å². The van der Waals surface area contributed by atoms with Crippen molar-refractivity contribution in [3.05, 3.63) is 83.8 Å². The molecule has 0 radical (unpaired) electrons. The maximum atomic E-state index is 12.1. The van der Waals surface area contributed by atoms with E-state index >= 15 is 0 Å². The van der Waals surface area contributed by atoms with Gasteiger partial charge in [0.15, 0.2) is 5.82 Å². The number of amides is 1. The number of ether oxygens (including phenoxy) is 3. The van der Waals surface area contributed by atoms with E-state index in [0.717, 1.165) is 27.9 Å². The van der Waals surface area contributed by atoms with Crippen LogP contribution in [0.3, 0.4) is 0 Å². The van der Waals surface area contributed by atoms with Crippen molar-refractivity contribution in [1.82, 2.24) is 19.9 Å². The molecule has 0 bridgehead atoms. The van der Waals surface area contributed by atoms with Crippen LogP contribution in [0.25, 0.3) is 16.8 Å². The first-order chi connectivity index (χ1) is 18.2. The Morgan fingerprint density at radius 2 is 1.84 bits per heavy atom. The van der Waals surface area contributed by atoms with Crippen LogP contribution in [0.4, 0.5) is 4.79 Å². The number of nitrogens with zero attached hydrogens (tertiary/aromatic N) is 3.